The molecule has 0 atom stereocenters. The maximum Gasteiger partial charge on any atom is 0.225 e. The predicted molar refractivity (Wildman–Crippen MR) is 100.0 cm³/mol. The van der Waals surface area contributed by atoms with E-state index in [0.717, 1.165) is 34.5 Å². The van der Waals surface area contributed by atoms with Gasteiger partial charge in [0, 0.05) is 42.0 Å². The van der Waals surface area contributed by atoms with Crippen LogP contribution in [0.5, 0.6) is 0 Å². The fraction of sp³-hybridized carbons (Fsp3) is 0.556. The molecule has 134 valence electrons. The summed E-state index contributed by atoms with van der Waals surface area (Å²) >= 11 is 1.58. The van der Waals surface area contributed by atoms with Crippen LogP contribution < -0.4 is 10.2 Å². The first-order chi connectivity index (χ1) is 11.8. The van der Waals surface area contributed by atoms with Crippen molar-refractivity contribution in [3.05, 3.63) is 33.9 Å². The maximum atomic E-state index is 12.0. The minimum atomic E-state index is 0.0178. The standard InChI is InChI=1S/C18H25N5OS/c1-12-19-9-14(25-12)7-17(24)20-8-13-10-23(11-13)16-6-5-15(21-22-16)18(2,3)4/h5-6,9,13H,7-8,10-11H2,1-4H3,(H,20,24). The molecule has 7 heteroatoms. The lowest BCUT2D eigenvalue weighted by atomic mass is 9.92. The highest BCUT2D eigenvalue weighted by atomic mass is 32.1. The smallest absolute Gasteiger partial charge is 0.225 e. The Morgan fingerprint density at radius 3 is 2.64 bits per heavy atom. The van der Waals surface area contributed by atoms with Gasteiger partial charge in [-0.15, -0.1) is 16.4 Å². The number of thiazole rings is 1. The summed E-state index contributed by atoms with van der Waals surface area (Å²) in [5, 5.41) is 12.7. The second-order valence-electron chi connectivity index (χ2n) is 7.62. The van der Waals surface area contributed by atoms with Crippen LogP contribution in [0.25, 0.3) is 0 Å². The molecule has 0 aliphatic carbocycles. The third kappa shape index (κ3) is 4.54. The van der Waals surface area contributed by atoms with Crippen LogP contribution in [0.4, 0.5) is 5.82 Å². The van der Waals surface area contributed by atoms with Gasteiger partial charge in [-0.1, -0.05) is 20.8 Å². The molecule has 0 unspecified atom stereocenters. The summed E-state index contributed by atoms with van der Waals surface area (Å²) in [6.07, 6.45) is 2.20. The van der Waals surface area contributed by atoms with Crippen LogP contribution in [0.15, 0.2) is 18.3 Å². The van der Waals surface area contributed by atoms with Gasteiger partial charge in [0.25, 0.3) is 0 Å². The molecule has 0 saturated carbocycles. The lowest BCUT2D eigenvalue weighted by molar-refractivity contribution is -0.120. The van der Waals surface area contributed by atoms with Crippen molar-refractivity contribution in [1.29, 1.82) is 0 Å². The van der Waals surface area contributed by atoms with E-state index in [1.54, 1.807) is 17.5 Å². The number of aromatic nitrogens is 3. The van der Waals surface area contributed by atoms with E-state index in [1.165, 1.54) is 0 Å². The number of nitrogens with zero attached hydrogens (tertiary/aromatic N) is 4. The molecule has 3 heterocycles. The summed E-state index contributed by atoms with van der Waals surface area (Å²) in [6, 6.07) is 4.09. The van der Waals surface area contributed by atoms with Crippen molar-refractivity contribution in [3.8, 4) is 0 Å². The first-order valence-electron chi connectivity index (χ1n) is 8.58. The molecule has 1 saturated heterocycles. The number of amides is 1. The zero-order valence-corrected chi connectivity index (χ0v) is 16.1. The number of carbonyl (C=O) groups is 1. The Labute approximate surface area is 152 Å². The Hall–Kier alpha value is -2.02. The van der Waals surface area contributed by atoms with Crippen LogP contribution in [-0.2, 0) is 16.6 Å². The van der Waals surface area contributed by atoms with Gasteiger partial charge in [0.1, 0.15) is 0 Å². The summed E-state index contributed by atoms with van der Waals surface area (Å²) in [5.74, 6) is 1.45. The molecular weight excluding hydrogens is 334 g/mol. The van der Waals surface area contributed by atoms with Crippen molar-refractivity contribution in [3.63, 3.8) is 0 Å². The molecule has 3 rings (SSSR count). The number of hydrogen-bond acceptors (Lipinski definition) is 6. The molecule has 25 heavy (non-hydrogen) atoms. The largest absolute Gasteiger partial charge is 0.355 e. The maximum absolute atomic E-state index is 12.0. The fourth-order valence-electron chi connectivity index (χ4n) is 2.75. The minimum Gasteiger partial charge on any atom is -0.355 e. The van der Waals surface area contributed by atoms with E-state index in [0.29, 0.717) is 18.9 Å². The number of hydrogen-bond donors (Lipinski definition) is 1. The van der Waals surface area contributed by atoms with E-state index in [9.17, 15) is 4.79 Å². The van der Waals surface area contributed by atoms with Crippen LogP contribution in [0, 0.1) is 12.8 Å². The van der Waals surface area contributed by atoms with E-state index in [1.807, 2.05) is 13.0 Å². The van der Waals surface area contributed by atoms with Crippen LogP contribution >= 0.6 is 11.3 Å². The van der Waals surface area contributed by atoms with E-state index in [2.05, 4.69) is 52.2 Å². The molecule has 1 amide bonds. The van der Waals surface area contributed by atoms with Crippen LogP contribution in [0.2, 0.25) is 0 Å². The van der Waals surface area contributed by atoms with E-state index in [4.69, 9.17) is 0 Å². The first kappa shape index (κ1) is 17.8. The van der Waals surface area contributed by atoms with E-state index < -0.39 is 0 Å². The SMILES string of the molecule is Cc1ncc(CC(=O)NCC2CN(c3ccc(C(C)(C)C)nn3)C2)s1. The lowest BCUT2D eigenvalue weighted by Crippen LogP contribution is -2.52. The summed E-state index contributed by atoms with van der Waals surface area (Å²) in [5.41, 5.74) is 1.02. The highest BCUT2D eigenvalue weighted by molar-refractivity contribution is 7.11. The van der Waals surface area contributed by atoms with Crippen molar-refractivity contribution in [2.24, 2.45) is 5.92 Å². The second kappa shape index (κ2) is 7.07. The lowest BCUT2D eigenvalue weighted by Gasteiger charge is -2.40. The Bertz CT molecular complexity index is 729. The molecule has 2 aromatic rings. The zero-order chi connectivity index (χ0) is 18.0. The quantitative estimate of drug-likeness (QED) is 0.887. The molecule has 2 aromatic heterocycles. The van der Waals surface area contributed by atoms with Gasteiger partial charge in [0.15, 0.2) is 5.82 Å². The van der Waals surface area contributed by atoms with Gasteiger partial charge in [0.05, 0.1) is 17.1 Å². The molecule has 1 aliphatic heterocycles. The predicted octanol–water partition coefficient (Wildman–Crippen LogP) is 2.33. The zero-order valence-electron chi connectivity index (χ0n) is 15.2. The number of anilines is 1. The second-order valence-corrected chi connectivity index (χ2v) is 8.94. The summed E-state index contributed by atoms with van der Waals surface area (Å²) < 4.78 is 0. The van der Waals surface area contributed by atoms with Gasteiger partial charge >= 0.3 is 0 Å². The third-order valence-electron chi connectivity index (χ3n) is 4.29. The van der Waals surface area contributed by atoms with E-state index >= 15 is 0 Å². The number of nitrogens with one attached hydrogen (secondary N) is 1. The van der Waals surface area contributed by atoms with Crippen molar-refractivity contribution in [1.82, 2.24) is 20.5 Å². The highest BCUT2D eigenvalue weighted by Gasteiger charge is 2.28. The molecule has 0 radical (unpaired) electrons. The van der Waals surface area contributed by atoms with Gasteiger partial charge in [-0.05, 0) is 19.1 Å². The molecule has 6 nitrogen and oxygen atoms in total. The normalized spacial score (nSPS) is 15.1. The Morgan fingerprint density at radius 1 is 1.32 bits per heavy atom. The number of rotatable bonds is 5. The fourth-order valence-corrected chi connectivity index (χ4v) is 3.54. The van der Waals surface area contributed by atoms with Crippen LogP contribution in [0.1, 0.15) is 36.3 Å². The number of aryl methyl sites for hydroxylation is 1. The minimum absolute atomic E-state index is 0.0178. The van der Waals surface area contributed by atoms with Crippen molar-refractivity contribution >= 4 is 23.1 Å². The molecule has 0 spiro atoms. The van der Waals surface area contributed by atoms with Gasteiger partial charge in [-0.25, -0.2) is 4.98 Å². The molecule has 1 fully saturated rings. The van der Waals surface area contributed by atoms with Gasteiger partial charge < -0.3 is 10.2 Å². The first-order valence-corrected chi connectivity index (χ1v) is 9.40. The summed E-state index contributed by atoms with van der Waals surface area (Å²) in [7, 11) is 0. The van der Waals surface area contributed by atoms with Crippen LogP contribution in [-0.4, -0.2) is 40.7 Å². The Balaban J connectivity index is 1.41. The van der Waals surface area contributed by atoms with Crippen molar-refractivity contribution < 1.29 is 4.79 Å². The monoisotopic (exact) mass is 359 g/mol. The topological polar surface area (TPSA) is 71.0 Å². The average molecular weight is 359 g/mol. The van der Waals surface area contributed by atoms with Gasteiger partial charge in [-0.2, -0.15) is 5.10 Å². The third-order valence-corrected chi connectivity index (χ3v) is 5.20. The van der Waals surface area contributed by atoms with Gasteiger partial charge in [-0.3, -0.25) is 4.79 Å². The molecule has 1 N–H and O–H groups in total. The summed E-state index contributed by atoms with van der Waals surface area (Å²) in [4.78, 5) is 19.4. The van der Waals surface area contributed by atoms with Crippen LogP contribution in [0.3, 0.4) is 0 Å². The number of carbonyl (C=O) groups excluding carboxylic acids is 1. The average Bonchev–Trinajstić information content (AvgIpc) is 2.90. The molecular formula is C18H25N5OS. The Morgan fingerprint density at radius 2 is 2.08 bits per heavy atom. The Kier molecular flexibility index (Phi) is 5.03. The molecule has 1 aliphatic rings. The highest BCUT2D eigenvalue weighted by Crippen LogP contribution is 2.24. The van der Waals surface area contributed by atoms with Crippen molar-refractivity contribution in [2.75, 3.05) is 24.5 Å². The van der Waals surface area contributed by atoms with E-state index in [-0.39, 0.29) is 11.3 Å². The van der Waals surface area contributed by atoms with Crippen molar-refractivity contribution in [2.45, 2.75) is 39.5 Å². The van der Waals surface area contributed by atoms with Gasteiger partial charge in [0.2, 0.25) is 5.91 Å². The molecule has 0 bridgehead atoms. The molecule has 0 aromatic carbocycles. The summed E-state index contributed by atoms with van der Waals surface area (Å²) in [6.45, 7) is 10.9.